The number of nitro groups is 1. The summed E-state index contributed by atoms with van der Waals surface area (Å²) in [6.07, 6.45) is 8.58. The SMILES string of the molecule is O=c1c2[nH]c([N+](=O)[O-])nc2n(CC2CCCC2)c(=O)n1CC1CCCC1. The van der Waals surface area contributed by atoms with Crippen molar-refractivity contribution in [2.24, 2.45) is 11.8 Å². The van der Waals surface area contributed by atoms with Gasteiger partial charge in [-0.1, -0.05) is 25.7 Å². The van der Waals surface area contributed by atoms with Gasteiger partial charge in [0.25, 0.3) is 11.2 Å². The van der Waals surface area contributed by atoms with Crippen molar-refractivity contribution in [3.63, 3.8) is 0 Å². The Labute approximate surface area is 149 Å². The van der Waals surface area contributed by atoms with E-state index in [0.717, 1.165) is 51.4 Å². The first kappa shape index (κ1) is 17.0. The fraction of sp³-hybridized carbons (Fsp3) is 0.706. The van der Waals surface area contributed by atoms with Crippen LogP contribution in [0.25, 0.3) is 11.2 Å². The Kier molecular flexibility index (Phi) is 4.37. The van der Waals surface area contributed by atoms with Gasteiger partial charge in [0.1, 0.15) is 0 Å². The van der Waals surface area contributed by atoms with Gasteiger partial charge >= 0.3 is 11.6 Å². The molecule has 0 saturated heterocycles. The Morgan fingerprint density at radius 3 is 2.08 bits per heavy atom. The third-order valence-corrected chi connectivity index (χ3v) is 5.85. The first-order valence-electron chi connectivity index (χ1n) is 9.42. The summed E-state index contributed by atoms with van der Waals surface area (Å²) < 4.78 is 2.74. The third kappa shape index (κ3) is 2.95. The maximum atomic E-state index is 13.1. The molecule has 0 amide bonds. The normalized spacial score (nSPS) is 18.9. The van der Waals surface area contributed by atoms with Crippen LogP contribution in [0.15, 0.2) is 9.59 Å². The first-order chi connectivity index (χ1) is 12.5. The zero-order chi connectivity index (χ0) is 18.3. The van der Waals surface area contributed by atoms with Crippen LogP contribution in [0.4, 0.5) is 5.95 Å². The molecule has 0 spiro atoms. The highest BCUT2D eigenvalue weighted by Crippen LogP contribution is 2.27. The molecular formula is C17H23N5O4. The van der Waals surface area contributed by atoms with E-state index < -0.39 is 16.4 Å². The van der Waals surface area contributed by atoms with Gasteiger partial charge in [-0.05, 0) is 47.4 Å². The molecule has 0 bridgehead atoms. The molecule has 0 unspecified atom stereocenters. The molecule has 4 rings (SSSR count). The highest BCUT2D eigenvalue weighted by Gasteiger charge is 2.27. The Morgan fingerprint density at radius 2 is 1.54 bits per heavy atom. The van der Waals surface area contributed by atoms with Gasteiger partial charge in [0.2, 0.25) is 5.52 Å². The molecule has 2 heterocycles. The van der Waals surface area contributed by atoms with Crippen molar-refractivity contribution in [1.82, 2.24) is 19.1 Å². The minimum atomic E-state index is -0.662. The van der Waals surface area contributed by atoms with Gasteiger partial charge < -0.3 is 10.1 Å². The average molecular weight is 361 g/mol. The van der Waals surface area contributed by atoms with Crippen molar-refractivity contribution >= 4 is 17.1 Å². The molecular weight excluding hydrogens is 338 g/mol. The Hall–Kier alpha value is -2.45. The van der Waals surface area contributed by atoms with Crippen LogP contribution in [0.1, 0.15) is 51.4 Å². The first-order valence-corrected chi connectivity index (χ1v) is 9.42. The molecule has 2 aromatic rings. The van der Waals surface area contributed by atoms with E-state index in [1.807, 2.05) is 0 Å². The maximum absolute atomic E-state index is 13.1. The summed E-state index contributed by atoms with van der Waals surface area (Å²) in [6, 6.07) is 0. The number of aromatic nitrogens is 4. The molecule has 0 aliphatic heterocycles. The van der Waals surface area contributed by atoms with Gasteiger partial charge in [-0.15, -0.1) is 0 Å². The third-order valence-electron chi connectivity index (χ3n) is 5.85. The standard InChI is InChI=1S/C17H23N5O4/c23-15-13-14(19-16(18-13)22(25)26)20(9-11-5-1-2-6-11)17(24)21(15)10-12-7-3-4-8-12/h11-12H,1-10H2,(H,18,19). The largest absolute Gasteiger partial charge is 0.435 e. The lowest BCUT2D eigenvalue weighted by Gasteiger charge is -2.15. The zero-order valence-electron chi connectivity index (χ0n) is 14.6. The molecule has 9 heteroatoms. The zero-order valence-corrected chi connectivity index (χ0v) is 14.6. The van der Waals surface area contributed by atoms with Crippen LogP contribution < -0.4 is 11.2 Å². The van der Waals surface area contributed by atoms with Gasteiger partial charge in [0, 0.05) is 13.1 Å². The summed E-state index contributed by atoms with van der Waals surface area (Å²) in [5.74, 6) is 0.176. The molecule has 0 aromatic carbocycles. The van der Waals surface area contributed by atoms with E-state index in [1.165, 1.54) is 9.13 Å². The smallest absolute Gasteiger partial charge is 0.390 e. The number of hydrogen-bond acceptors (Lipinski definition) is 5. The van der Waals surface area contributed by atoms with Crippen LogP contribution in [-0.4, -0.2) is 24.0 Å². The second kappa shape index (κ2) is 6.69. The lowest BCUT2D eigenvalue weighted by atomic mass is 10.1. The van der Waals surface area contributed by atoms with Gasteiger partial charge in [-0.3, -0.25) is 13.9 Å². The minimum Gasteiger partial charge on any atom is -0.390 e. The second-order valence-corrected chi connectivity index (χ2v) is 7.63. The van der Waals surface area contributed by atoms with Crippen LogP contribution in [0.2, 0.25) is 0 Å². The molecule has 2 aliphatic rings. The minimum absolute atomic E-state index is 0.0623. The quantitative estimate of drug-likeness (QED) is 0.647. The summed E-state index contributed by atoms with van der Waals surface area (Å²) in [5, 5.41) is 11.1. The predicted molar refractivity (Wildman–Crippen MR) is 95.2 cm³/mol. The van der Waals surface area contributed by atoms with E-state index in [1.54, 1.807) is 0 Å². The van der Waals surface area contributed by atoms with Gasteiger partial charge in [-0.25, -0.2) is 9.78 Å². The average Bonchev–Trinajstić information content (AvgIpc) is 3.37. The number of hydrogen-bond donors (Lipinski definition) is 1. The molecule has 1 N–H and O–H groups in total. The highest BCUT2D eigenvalue weighted by atomic mass is 16.6. The van der Waals surface area contributed by atoms with E-state index >= 15 is 0 Å². The molecule has 2 saturated carbocycles. The van der Waals surface area contributed by atoms with Gasteiger partial charge in [0.15, 0.2) is 0 Å². The number of aromatic amines is 1. The van der Waals surface area contributed by atoms with Crippen LogP contribution in [0, 0.1) is 22.0 Å². The maximum Gasteiger partial charge on any atom is 0.435 e. The molecule has 26 heavy (non-hydrogen) atoms. The topological polar surface area (TPSA) is 116 Å². The lowest BCUT2D eigenvalue weighted by Crippen LogP contribution is -2.42. The Bertz CT molecular complexity index is 944. The summed E-state index contributed by atoms with van der Waals surface area (Å²) in [4.78, 5) is 42.8. The number of H-pyrrole nitrogens is 1. The molecule has 2 aliphatic carbocycles. The van der Waals surface area contributed by atoms with Crippen LogP contribution in [-0.2, 0) is 13.1 Å². The number of imidazole rings is 1. The van der Waals surface area contributed by atoms with Crippen molar-refractivity contribution < 1.29 is 4.92 Å². The summed E-state index contributed by atoms with van der Waals surface area (Å²) in [5.41, 5.74) is -0.712. The predicted octanol–water partition coefficient (Wildman–Crippen LogP) is 2.17. The van der Waals surface area contributed by atoms with E-state index in [0.29, 0.717) is 24.9 Å². The van der Waals surface area contributed by atoms with Crippen molar-refractivity contribution in [2.45, 2.75) is 64.5 Å². The lowest BCUT2D eigenvalue weighted by molar-refractivity contribution is -0.393. The van der Waals surface area contributed by atoms with Crippen LogP contribution in [0.3, 0.4) is 0 Å². The van der Waals surface area contributed by atoms with Gasteiger partial charge in [-0.2, -0.15) is 0 Å². The van der Waals surface area contributed by atoms with E-state index in [2.05, 4.69) is 9.97 Å². The van der Waals surface area contributed by atoms with E-state index in [9.17, 15) is 19.7 Å². The molecule has 2 fully saturated rings. The van der Waals surface area contributed by atoms with Crippen LogP contribution in [0.5, 0.6) is 0 Å². The molecule has 0 atom stereocenters. The summed E-state index contributed by atoms with van der Waals surface area (Å²) in [7, 11) is 0. The van der Waals surface area contributed by atoms with Gasteiger partial charge in [0.05, 0.1) is 0 Å². The number of nitrogens with one attached hydrogen (secondary N) is 1. The fourth-order valence-corrected chi connectivity index (χ4v) is 4.47. The fourth-order valence-electron chi connectivity index (χ4n) is 4.47. The molecule has 140 valence electrons. The van der Waals surface area contributed by atoms with E-state index in [4.69, 9.17) is 0 Å². The summed E-state index contributed by atoms with van der Waals surface area (Å²) >= 11 is 0. The number of fused-ring (bicyclic) bond motifs is 1. The molecule has 9 nitrogen and oxygen atoms in total. The number of rotatable bonds is 5. The van der Waals surface area contributed by atoms with Crippen molar-refractivity contribution in [3.8, 4) is 0 Å². The Morgan fingerprint density at radius 1 is 1.00 bits per heavy atom. The monoisotopic (exact) mass is 361 g/mol. The van der Waals surface area contributed by atoms with E-state index in [-0.39, 0.29) is 16.9 Å². The molecule has 0 radical (unpaired) electrons. The Balaban J connectivity index is 1.85. The highest BCUT2D eigenvalue weighted by molar-refractivity contribution is 5.71. The van der Waals surface area contributed by atoms with Crippen molar-refractivity contribution in [3.05, 3.63) is 31.0 Å². The summed E-state index contributed by atoms with van der Waals surface area (Å²) in [6.45, 7) is 0.841. The second-order valence-electron chi connectivity index (χ2n) is 7.63. The molecule has 2 aromatic heterocycles. The van der Waals surface area contributed by atoms with Crippen molar-refractivity contribution in [2.75, 3.05) is 0 Å². The number of nitrogens with zero attached hydrogens (tertiary/aromatic N) is 4. The van der Waals surface area contributed by atoms with Crippen LogP contribution >= 0.6 is 0 Å². The van der Waals surface area contributed by atoms with Crippen molar-refractivity contribution in [1.29, 1.82) is 0 Å².